The van der Waals surface area contributed by atoms with Crippen LogP contribution in [0.3, 0.4) is 0 Å². The number of nitrogens with one attached hydrogen (secondary N) is 1. The highest BCUT2D eigenvalue weighted by Gasteiger charge is 2.07. The van der Waals surface area contributed by atoms with Gasteiger partial charge >= 0.3 is 0 Å². The second kappa shape index (κ2) is 5.85. The molecule has 2 N–H and O–H groups in total. The lowest BCUT2D eigenvalue weighted by atomic mass is 10.1. The number of halogens is 2. The molecule has 100 valence electrons. The summed E-state index contributed by atoms with van der Waals surface area (Å²) in [7, 11) is 0. The van der Waals surface area contributed by atoms with E-state index in [2.05, 4.69) is 47.2 Å². The Labute approximate surface area is 126 Å². The van der Waals surface area contributed by atoms with Crippen LogP contribution in [0.1, 0.15) is 16.7 Å². The number of hydrogen-bond donors (Lipinski definition) is 2. The van der Waals surface area contributed by atoms with Crippen molar-refractivity contribution in [2.24, 2.45) is 0 Å². The molecular formula is C15H15BrClNO. The van der Waals surface area contributed by atoms with Gasteiger partial charge in [-0.25, -0.2) is 0 Å². The van der Waals surface area contributed by atoms with Crippen LogP contribution in [0.25, 0.3) is 0 Å². The number of hydrogen-bond acceptors (Lipinski definition) is 2. The summed E-state index contributed by atoms with van der Waals surface area (Å²) in [5.74, 6) is 0.248. The van der Waals surface area contributed by atoms with Crippen LogP contribution in [0, 0.1) is 13.8 Å². The van der Waals surface area contributed by atoms with E-state index in [0.717, 1.165) is 21.3 Å². The van der Waals surface area contributed by atoms with Crippen LogP contribution >= 0.6 is 27.5 Å². The third-order valence-electron chi connectivity index (χ3n) is 2.93. The second-order valence-electron chi connectivity index (χ2n) is 4.57. The SMILES string of the molecule is Cc1cc(C)c(NCc2cc(Cl)ccc2O)c(Br)c1. The highest BCUT2D eigenvalue weighted by Crippen LogP contribution is 2.29. The van der Waals surface area contributed by atoms with E-state index in [-0.39, 0.29) is 5.75 Å². The van der Waals surface area contributed by atoms with Gasteiger partial charge < -0.3 is 10.4 Å². The minimum Gasteiger partial charge on any atom is -0.508 e. The number of anilines is 1. The first-order valence-electron chi connectivity index (χ1n) is 5.95. The van der Waals surface area contributed by atoms with Crippen molar-refractivity contribution in [1.82, 2.24) is 0 Å². The monoisotopic (exact) mass is 339 g/mol. The van der Waals surface area contributed by atoms with Crippen LogP contribution in [0.5, 0.6) is 5.75 Å². The molecule has 0 fully saturated rings. The maximum atomic E-state index is 9.79. The van der Waals surface area contributed by atoms with Gasteiger partial charge in [-0.3, -0.25) is 0 Å². The number of aromatic hydroxyl groups is 1. The Morgan fingerprint density at radius 1 is 1.21 bits per heavy atom. The van der Waals surface area contributed by atoms with Gasteiger partial charge in [0.15, 0.2) is 0 Å². The summed E-state index contributed by atoms with van der Waals surface area (Å²) in [6.45, 7) is 4.64. The van der Waals surface area contributed by atoms with Crippen molar-refractivity contribution in [2.75, 3.05) is 5.32 Å². The molecule has 0 unspecified atom stereocenters. The van der Waals surface area contributed by atoms with Crippen molar-refractivity contribution >= 4 is 33.2 Å². The molecule has 2 nitrogen and oxygen atoms in total. The standard InChI is InChI=1S/C15H15BrClNO/c1-9-5-10(2)15(13(16)6-9)18-8-11-7-12(17)3-4-14(11)19/h3-7,18-19H,8H2,1-2H3. The smallest absolute Gasteiger partial charge is 0.120 e. The van der Waals surface area contributed by atoms with Crippen molar-refractivity contribution < 1.29 is 5.11 Å². The van der Waals surface area contributed by atoms with E-state index in [1.807, 2.05) is 0 Å². The van der Waals surface area contributed by atoms with Gasteiger partial charge in [-0.2, -0.15) is 0 Å². The van der Waals surface area contributed by atoms with Gasteiger partial charge in [0.25, 0.3) is 0 Å². The number of benzene rings is 2. The van der Waals surface area contributed by atoms with Crippen molar-refractivity contribution in [3.05, 3.63) is 56.5 Å². The van der Waals surface area contributed by atoms with Gasteiger partial charge in [0.2, 0.25) is 0 Å². The van der Waals surface area contributed by atoms with Gasteiger partial charge in [0.1, 0.15) is 5.75 Å². The molecule has 2 aromatic rings. The summed E-state index contributed by atoms with van der Waals surface area (Å²) in [6.07, 6.45) is 0. The predicted molar refractivity (Wildman–Crippen MR) is 84.1 cm³/mol. The van der Waals surface area contributed by atoms with Gasteiger partial charge in [0.05, 0.1) is 5.69 Å². The van der Waals surface area contributed by atoms with Crippen LogP contribution in [-0.4, -0.2) is 5.11 Å². The molecule has 0 atom stereocenters. The Balaban J connectivity index is 2.21. The number of phenolic OH excluding ortho intramolecular Hbond substituents is 1. The fourth-order valence-corrected chi connectivity index (χ4v) is 3.03. The number of phenols is 1. The van der Waals surface area contributed by atoms with Crippen molar-refractivity contribution in [2.45, 2.75) is 20.4 Å². The summed E-state index contributed by atoms with van der Waals surface area (Å²) in [4.78, 5) is 0. The van der Waals surface area contributed by atoms with Crippen LogP contribution in [0.2, 0.25) is 5.02 Å². The number of aryl methyl sites for hydroxylation is 2. The lowest BCUT2D eigenvalue weighted by molar-refractivity contribution is 0.469. The normalized spacial score (nSPS) is 10.5. The van der Waals surface area contributed by atoms with E-state index in [0.29, 0.717) is 11.6 Å². The third-order valence-corrected chi connectivity index (χ3v) is 3.79. The summed E-state index contributed by atoms with van der Waals surface area (Å²) >= 11 is 9.49. The minimum atomic E-state index is 0.248. The molecule has 0 saturated heterocycles. The molecule has 0 aliphatic carbocycles. The molecule has 0 aromatic heterocycles. The summed E-state index contributed by atoms with van der Waals surface area (Å²) in [6, 6.07) is 9.23. The topological polar surface area (TPSA) is 32.3 Å². The second-order valence-corrected chi connectivity index (χ2v) is 5.86. The lowest BCUT2D eigenvalue weighted by Crippen LogP contribution is -2.02. The van der Waals surface area contributed by atoms with E-state index in [1.54, 1.807) is 18.2 Å². The van der Waals surface area contributed by atoms with E-state index >= 15 is 0 Å². The average molecular weight is 341 g/mol. The van der Waals surface area contributed by atoms with E-state index < -0.39 is 0 Å². The first-order valence-corrected chi connectivity index (χ1v) is 7.12. The maximum Gasteiger partial charge on any atom is 0.120 e. The molecule has 0 heterocycles. The Hall–Kier alpha value is -1.19. The Kier molecular flexibility index (Phi) is 4.38. The first kappa shape index (κ1) is 14.2. The van der Waals surface area contributed by atoms with E-state index in [4.69, 9.17) is 11.6 Å². The largest absolute Gasteiger partial charge is 0.508 e. The first-order chi connectivity index (χ1) is 8.97. The molecule has 2 rings (SSSR count). The molecule has 19 heavy (non-hydrogen) atoms. The fourth-order valence-electron chi connectivity index (χ4n) is 2.02. The molecule has 0 radical (unpaired) electrons. The van der Waals surface area contributed by atoms with Gasteiger partial charge in [-0.1, -0.05) is 17.7 Å². The van der Waals surface area contributed by atoms with Crippen LogP contribution in [0.4, 0.5) is 5.69 Å². The van der Waals surface area contributed by atoms with Crippen molar-refractivity contribution in [3.8, 4) is 5.75 Å². The molecule has 0 spiro atoms. The van der Waals surface area contributed by atoms with Crippen molar-refractivity contribution in [1.29, 1.82) is 0 Å². The zero-order valence-corrected chi connectivity index (χ0v) is 13.1. The summed E-state index contributed by atoms with van der Waals surface area (Å²) < 4.78 is 1.02. The van der Waals surface area contributed by atoms with Crippen molar-refractivity contribution in [3.63, 3.8) is 0 Å². The van der Waals surface area contributed by atoms with Gasteiger partial charge in [-0.15, -0.1) is 0 Å². The minimum absolute atomic E-state index is 0.248. The molecule has 4 heteroatoms. The lowest BCUT2D eigenvalue weighted by Gasteiger charge is -2.13. The molecule has 0 saturated carbocycles. The van der Waals surface area contributed by atoms with Gasteiger partial charge in [-0.05, 0) is 65.2 Å². The Bertz CT molecular complexity index is 590. The maximum absolute atomic E-state index is 9.79. The van der Waals surface area contributed by atoms with E-state index in [9.17, 15) is 5.11 Å². The van der Waals surface area contributed by atoms with Crippen LogP contribution < -0.4 is 5.32 Å². The molecule has 0 amide bonds. The highest BCUT2D eigenvalue weighted by atomic mass is 79.9. The summed E-state index contributed by atoms with van der Waals surface area (Å²) in [5.41, 5.74) is 4.18. The molecular weight excluding hydrogens is 326 g/mol. The predicted octanol–water partition coefficient (Wildman–Crippen LogP) is 5.04. The highest BCUT2D eigenvalue weighted by molar-refractivity contribution is 9.10. The number of rotatable bonds is 3. The third kappa shape index (κ3) is 3.43. The quantitative estimate of drug-likeness (QED) is 0.820. The fraction of sp³-hybridized carbons (Fsp3) is 0.200. The molecule has 0 aliphatic heterocycles. The zero-order valence-electron chi connectivity index (χ0n) is 10.8. The molecule has 0 aliphatic rings. The average Bonchev–Trinajstić information content (AvgIpc) is 2.32. The Morgan fingerprint density at radius 2 is 1.95 bits per heavy atom. The zero-order chi connectivity index (χ0) is 14.0. The van der Waals surface area contributed by atoms with Crippen LogP contribution in [0.15, 0.2) is 34.8 Å². The van der Waals surface area contributed by atoms with Crippen LogP contribution in [-0.2, 0) is 6.54 Å². The molecule has 2 aromatic carbocycles. The Morgan fingerprint density at radius 3 is 2.63 bits per heavy atom. The molecule has 0 bridgehead atoms. The van der Waals surface area contributed by atoms with E-state index in [1.165, 1.54) is 5.56 Å². The summed E-state index contributed by atoms with van der Waals surface area (Å²) in [5, 5.41) is 13.7. The van der Waals surface area contributed by atoms with Gasteiger partial charge in [0, 0.05) is 21.6 Å².